The standard InChI is InChI=1S/C23H20N6O3S/c24-22(25)16-3-1-5-18(13-16)28-23(30)27-17-8-10-20(11-9-17)33(31,32)29-19-7-6-15-4-2-12-26-21(15)14-19/h1-14,29H,(H3,24,25)(H2,27,28,30). The van der Waals surface area contributed by atoms with Crippen LogP contribution in [0.3, 0.4) is 0 Å². The van der Waals surface area contributed by atoms with Crippen molar-refractivity contribution in [2.75, 3.05) is 15.4 Å². The Hall–Kier alpha value is -4.44. The van der Waals surface area contributed by atoms with Gasteiger partial charge in [0.1, 0.15) is 5.84 Å². The van der Waals surface area contributed by atoms with E-state index in [0.29, 0.717) is 28.1 Å². The molecule has 0 saturated heterocycles. The molecular formula is C23H20N6O3S. The Morgan fingerprint density at radius 1 is 0.848 bits per heavy atom. The van der Waals surface area contributed by atoms with Gasteiger partial charge in [0.05, 0.1) is 16.1 Å². The lowest BCUT2D eigenvalue weighted by Gasteiger charge is -2.11. The van der Waals surface area contributed by atoms with Crippen molar-refractivity contribution in [1.82, 2.24) is 4.98 Å². The minimum Gasteiger partial charge on any atom is -0.384 e. The SMILES string of the molecule is N=C(N)c1cccc(NC(=O)Nc2ccc(S(=O)(=O)Nc3ccc4cccnc4c3)cc2)c1. The van der Waals surface area contributed by atoms with Crippen LogP contribution in [0.15, 0.2) is 90.0 Å². The van der Waals surface area contributed by atoms with Gasteiger partial charge in [0.15, 0.2) is 0 Å². The highest BCUT2D eigenvalue weighted by Gasteiger charge is 2.15. The summed E-state index contributed by atoms with van der Waals surface area (Å²) in [6.45, 7) is 0. The number of carbonyl (C=O) groups excluding carboxylic acids is 1. The Morgan fingerprint density at radius 3 is 2.33 bits per heavy atom. The molecule has 0 atom stereocenters. The number of sulfonamides is 1. The minimum atomic E-state index is -3.83. The lowest BCUT2D eigenvalue weighted by Crippen LogP contribution is -2.20. The van der Waals surface area contributed by atoms with E-state index in [4.69, 9.17) is 11.1 Å². The van der Waals surface area contributed by atoms with Crippen LogP contribution in [0.5, 0.6) is 0 Å². The van der Waals surface area contributed by atoms with E-state index in [1.807, 2.05) is 12.1 Å². The summed E-state index contributed by atoms with van der Waals surface area (Å²) in [5.41, 5.74) is 7.89. The molecule has 0 aliphatic rings. The highest BCUT2D eigenvalue weighted by molar-refractivity contribution is 7.92. The summed E-state index contributed by atoms with van der Waals surface area (Å²) in [7, 11) is -3.83. The molecule has 0 unspecified atom stereocenters. The molecule has 0 saturated carbocycles. The number of benzene rings is 3. The van der Waals surface area contributed by atoms with Crippen LogP contribution in [0.25, 0.3) is 10.9 Å². The molecule has 4 rings (SSSR count). The maximum absolute atomic E-state index is 12.7. The Labute approximate surface area is 190 Å². The monoisotopic (exact) mass is 460 g/mol. The zero-order chi connectivity index (χ0) is 23.4. The Balaban J connectivity index is 1.42. The summed E-state index contributed by atoms with van der Waals surface area (Å²) in [6, 6.07) is 20.6. The van der Waals surface area contributed by atoms with Crippen molar-refractivity contribution in [2.45, 2.75) is 4.90 Å². The third-order valence-corrected chi connectivity index (χ3v) is 6.11. The molecule has 4 aromatic rings. The number of anilines is 3. The van der Waals surface area contributed by atoms with Crippen molar-refractivity contribution in [3.63, 3.8) is 0 Å². The summed E-state index contributed by atoms with van der Waals surface area (Å²) >= 11 is 0. The third kappa shape index (κ3) is 5.25. The molecule has 6 N–H and O–H groups in total. The molecule has 166 valence electrons. The van der Waals surface area contributed by atoms with Crippen molar-refractivity contribution in [3.8, 4) is 0 Å². The van der Waals surface area contributed by atoms with E-state index in [2.05, 4.69) is 20.3 Å². The number of rotatable bonds is 6. The second kappa shape index (κ2) is 8.97. The summed E-state index contributed by atoms with van der Waals surface area (Å²) in [6.07, 6.45) is 1.64. The van der Waals surface area contributed by atoms with E-state index < -0.39 is 16.1 Å². The van der Waals surface area contributed by atoms with Gasteiger partial charge in [-0.1, -0.05) is 24.3 Å². The number of nitrogen functional groups attached to an aromatic ring is 1. The van der Waals surface area contributed by atoms with E-state index in [-0.39, 0.29) is 10.7 Å². The van der Waals surface area contributed by atoms with Gasteiger partial charge >= 0.3 is 6.03 Å². The number of nitrogens with zero attached hydrogens (tertiary/aromatic N) is 1. The average Bonchev–Trinajstić information content (AvgIpc) is 2.79. The number of aromatic nitrogens is 1. The van der Waals surface area contributed by atoms with Crippen LogP contribution in [0.2, 0.25) is 0 Å². The Bertz CT molecular complexity index is 1450. The molecule has 0 spiro atoms. The van der Waals surface area contributed by atoms with Crippen molar-refractivity contribution in [3.05, 3.63) is 90.6 Å². The van der Waals surface area contributed by atoms with Gasteiger partial charge in [0, 0.05) is 28.5 Å². The summed E-state index contributed by atoms with van der Waals surface area (Å²) in [4.78, 5) is 16.5. The van der Waals surface area contributed by atoms with Gasteiger partial charge in [-0.05, 0) is 54.6 Å². The van der Waals surface area contributed by atoms with E-state index in [1.165, 1.54) is 24.3 Å². The second-order valence-electron chi connectivity index (χ2n) is 7.11. The number of carbonyl (C=O) groups is 1. The van der Waals surface area contributed by atoms with Gasteiger partial charge < -0.3 is 16.4 Å². The molecule has 1 heterocycles. The van der Waals surface area contributed by atoms with Crippen LogP contribution < -0.4 is 21.1 Å². The number of amidine groups is 1. The zero-order valence-electron chi connectivity index (χ0n) is 17.2. The molecule has 0 radical (unpaired) electrons. The summed E-state index contributed by atoms with van der Waals surface area (Å²) in [5.74, 6) is -0.107. The predicted octanol–water partition coefficient (Wildman–Crippen LogP) is 3.96. The molecule has 9 nitrogen and oxygen atoms in total. The molecule has 0 aliphatic carbocycles. The fraction of sp³-hybridized carbons (Fsp3) is 0. The van der Waals surface area contributed by atoms with E-state index in [1.54, 1.807) is 48.7 Å². The largest absolute Gasteiger partial charge is 0.384 e. The smallest absolute Gasteiger partial charge is 0.323 e. The quantitative estimate of drug-likeness (QED) is 0.218. The summed E-state index contributed by atoms with van der Waals surface area (Å²) < 4.78 is 28.0. The second-order valence-corrected chi connectivity index (χ2v) is 8.80. The molecule has 10 heteroatoms. The summed E-state index contributed by atoms with van der Waals surface area (Å²) in [5, 5.41) is 13.6. The Kier molecular flexibility index (Phi) is 5.92. The van der Waals surface area contributed by atoms with Crippen molar-refractivity contribution < 1.29 is 13.2 Å². The average molecular weight is 461 g/mol. The first-order valence-corrected chi connectivity index (χ1v) is 11.3. The van der Waals surface area contributed by atoms with Crippen LogP contribution in [0.4, 0.5) is 21.9 Å². The zero-order valence-corrected chi connectivity index (χ0v) is 18.1. The maximum Gasteiger partial charge on any atom is 0.323 e. The van der Waals surface area contributed by atoms with Gasteiger partial charge in [0.2, 0.25) is 0 Å². The van der Waals surface area contributed by atoms with E-state index in [0.717, 1.165) is 5.39 Å². The molecule has 2 amide bonds. The molecule has 33 heavy (non-hydrogen) atoms. The lowest BCUT2D eigenvalue weighted by atomic mass is 10.2. The molecule has 3 aromatic carbocycles. The van der Waals surface area contributed by atoms with Gasteiger partial charge in [-0.3, -0.25) is 15.1 Å². The van der Waals surface area contributed by atoms with Crippen molar-refractivity contribution in [1.29, 1.82) is 5.41 Å². The number of hydrogen-bond donors (Lipinski definition) is 5. The third-order valence-electron chi connectivity index (χ3n) is 4.71. The number of nitrogens with one attached hydrogen (secondary N) is 4. The molecule has 0 aliphatic heterocycles. The number of amides is 2. The highest BCUT2D eigenvalue weighted by atomic mass is 32.2. The van der Waals surface area contributed by atoms with Gasteiger partial charge in [0.25, 0.3) is 10.0 Å². The first kappa shape index (κ1) is 21.8. The van der Waals surface area contributed by atoms with E-state index in [9.17, 15) is 13.2 Å². The molecule has 0 bridgehead atoms. The number of nitrogens with two attached hydrogens (primary N) is 1. The highest BCUT2D eigenvalue weighted by Crippen LogP contribution is 2.21. The molecule has 0 fully saturated rings. The minimum absolute atomic E-state index is 0.0451. The lowest BCUT2D eigenvalue weighted by molar-refractivity contribution is 0.262. The fourth-order valence-corrected chi connectivity index (χ4v) is 4.17. The fourth-order valence-electron chi connectivity index (χ4n) is 3.12. The van der Waals surface area contributed by atoms with Crippen LogP contribution in [0, 0.1) is 5.41 Å². The molecular weight excluding hydrogens is 440 g/mol. The van der Waals surface area contributed by atoms with Gasteiger partial charge in [-0.2, -0.15) is 0 Å². The van der Waals surface area contributed by atoms with Crippen LogP contribution >= 0.6 is 0 Å². The molecule has 1 aromatic heterocycles. The van der Waals surface area contributed by atoms with Gasteiger partial charge in [-0.15, -0.1) is 0 Å². The maximum atomic E-state index is 12.7. The number of hydrogen-bond acceptors (Lipinski definition) is 5. The van der Waals surface area contributed by atoms with E-state index >= 15 is 0 Å². The predicted molar refractivity (Wildman–Crippen MR) is 129 cm³/mol. The van der Waals surface area contributed by atoms with Crippen molar-refractivity contribution >= 4 is 49.9 Å². The van der Waals surface area contributed by atoms with Gasteiger partial charge in [-0.25, -0.2) is 13.2 Å². The Morgan fingerprint density at radius 2 is 1.58 bits per heavy atom. The number of urea groups is 1. The van der Waals surface area contributed by atoms with Crippen LogP contribution in [0.1, 0.15) is 5.56 Å². The van der Waals surface area contributed by atoms with Crippen LogP contribution in [-0.2, 0) is 10.0 Å². The van der Waals surface area contributed by atoms with Crippen molar-refractivity contribution in [2.24, 2.45) is 5.73 Å². The first-order chi connectivity index (χ1) is 15.8. The topological polar surface area (TPSA) is 150 Å². The van der Waals surface area contributed by atoms with Crippen LogP contribution in [-0.4, -0.2) is 25.3 Å². The normalized spacial score (nSPS) is 11.0. The number of pyridine rings is 1. The number of fused-ring (bicyclic) bond motifs is 1. The first-order valence-electron chi connectivity index (χ1n) is 9.80.